The Balaban J connectivity index is 2.51. The van der Waals surface area contributed by atoms with E-state index in [1.807, 2.05) is 0 Å². The van der Waals surface area contributed by atoms with Crippen molar-refractivity contribution >= 4 is 37.8 Å². The summed E-state index contributed by atoms with van der Waals surface area (Å²) in [4.78, 5) is 11.2. The van der Waals surface area contributed by atoms with Gasteiger partial charge in [0.15, 0.2) is 11.6 Å². The summed E-state index contributed by atoms with van der Waals surface area (Å²) in [6, 6.07) is 6.55. The van der Waals surface area contributed by atoms with Crippen molar-refractivity contribution in [2.75, 3.05) is 0 Å². The van der Waals surface area contributed by atoms with E-state index in [0.29, 0.717) is 0 Å². The Morgan fingerprint density at radius 2 is 1.85 bits per heavy atom. The molecule has 104 valence electrons. The van der Waals surface area contributed by atoms with Crippen LogP contribution in [-0.2, 0) is 0 Å². The fourth-order valence-corrected chi connectivity index (χ4v) is 2.45. The molecule has 1 N–H and O–H groups in total. The lowest BCUT2D eigenvalue weighted by Gasteiger charge is -2.11. The van der Waals surface area contributed by atoms with Crippen LogP contribution < -0.4 is 4.74 Å². The molecule has 20 heavy (non-hydrogen) atoms. The van der Waals surface area contributed by atoms with E-state index in [0.717, 1.165) is 6.07 Å². The highest BCUT2D eigenvalue weighted by Gasteiger charge is 2.18. The summed E-state index contributed by atoms with van der Waals surface area (Å²) in [5.74, 6) is -4.03. The Morgan fingerprint density at radius 3 is 2.50 bits per heavy atom. The Bertz CT molecular complexity index is 690. The average Bonchev–Trinajstić information content (AvgIpc) is 2.35. The van der Waals surface area contributed by atoms with Gasteiger partial charge in [-0.1, -0.05) is 22.0 Å². The number of hydrogen-bond donors (Lipinski definition) is 1. The molecule has 0 aromatic heterocycles. The van der Waals surface area contributed by atoms with Crippen LogP contribution in [0, 0.1) is 11.6 Å². The quantitative estimate of drug-likeness (QED) is 0.730. The third-order valence-corrected chi connectivity index (χ3v) is 3.49. The summed E-state index contributed by atoms with van der Waals surface area (Å²) in [5.41, 5.74) is -0.174. The Kier molecular flexibility index (Phi) is 4.39. The fraction of sp³-hybridized carbons (Fsp3) is 0. The van der Waals surface area contributed by atoms with Gasteiger partial charge in [-0.25, -0.2) is 9.18 Å². The lowest BCUT2D eigenvalue weighted by molar-refractivity contribution is 0.0693. The molecule has 0 bridgehead atoms. The number of benzene rings is 2. The van der Waals surface area contributed by atoms with Gasteiger partial charge in [-0.3, -0.25) is 0 Å². The summed E-state index contributed by atoms with van der Waals surface area (Å²) in [5, 5.41) is 9.12. The Hall–Kier alpha value is -1.47. The van der Waals surface area contributed by atoms with Crippen LogP contribution in [0.4, 0.5) is 8.78 Å². The van der Waals surface area contributed by atoms with E-state index in [1.165, 1.54) is 24.3 Å². The van der Waals surface area contributed by atoms with E-state index in [1.54, 1.807) is 0 Å². The van der Waals surface area contributed by atoms with E-state index >= 15 is 0 Å². The molecule has 0 aliphatic carbocycles. The molecule has 0 amide bonds. The molecule has 0 atom stereocenters. The third kappa shape index (κ3) is 2.99. The molecule has 2 aromatic rings. The molecule has 0 fully saturated rings. The first-order valence-corrected chi connectivity index (χ1v) is 6.83. The molecule has 0 aliphatic rings. The van der Waals surface area contributed by atoms with Crippen molar-refractivity contribution < 1.29 is 23.4 Å². The number of halogens is 4. The van der Waals surface area contributed by atoms with Crippen molar-refractivity contribution in [2.24, 2.45) is 0 Å². The summed E-state index contributed by atoms with van der Waals surface area (Å²) in [6.45, 7) is 0. The summed E-state index contributed by atoms with van der Waals surface area (Å²) in [7, 11) is 0. The van der Waals surface area contributed by atoms with Crippen molar-refractivity contribution in [3.8, 4) is 11.5 Å². The monoisotopic (exact) mass is 406 g/mol. The highest BCUT2D eigenvalue weighted by atomic mass is 79.9. The standard InChI is InChI=1S/C13H6Br2F2O3/c14-6-4-8(16)12(17)10(5-6)20-9-3-1-2-7(15)11(9)13(18)19/h1-5H,(H,18,19). The normalized spacial score (nSPS) is 10.4. The van der Waals surface area contributed by atoms with Crippen molar-refractivity contribution in [1.29, 1.82) is 0 Å². The molecule has 0 spiro atoms. The van der Waals surface area contributed by atoms with E-state index in [2.05, 4.69) is 31.9 Å². The van der Waals surface area contributed by atoms with Gasteiger partial charge in [0.1, 0.15) is 11.3 Å². The largest absolute Gasteiger partial charge is 0.478 e. The van der Waals surface area contributed by atoms with Gasteiger partial charge in [-0.2, -0.15) is 4.39 Å². The summed E-state index contributed by atoms with van der Waals surface area (Å²) < 4.78 is 32.6. The van der Waals surface area contributed by atoms with E-state index < -0.39 is 23.4 Å². The summed E-state index contributed by atoms with van der Waals surface area (Å²) in [6.07, 6.45) is 0. The lowest BCUT2D eigenvalue weighted by Crippen LogP contribution is -2.02. The van der Waals surface area contributed by atoms with Crippen LogP contribution >= 0.6 is 31.9 Å². The Morgan fingerprint density at radius 1 is 1.15 bits per heavy atom. The van der Waals surface area contributed by atoms with Crippen LogP contribution in [0.15, 0.2) is 39.3 Å². The third-order valence-electron chi connectivity index (χ3n) is 2.37. The number of rotatable bonds is 3. The number of carbonyl (C=O) groups is 1. The molecule has 2 aromatic carbocycles. The first kappa shape index (κ1) is 14.9. The van der Waals surface area contributed by atoms with Gasteiger partial charge in [0.05, 0.1) is 0 Å². The zero-order valence-electron chi connectivity index (χ0n) is 9.66. The average molecular weight is 408 g/mol. The second-order valence-electron chi connectivity index (χ2n) is 3.72. The molecule has 0 saturated carbocycles. The van der Waals surface area contributed by atoms with Crippen molar-refractivity contribution in [3.05, 3.63) is 56.5 Å². The highest BCUT2D eigenvalue weighted by molar-refractivity contribution is 9.10. The SMILES string of the molecule is O=C(O)c1c(Br)cccc1Oc1cc(Br)cc(F)c1F. The first-order valence-electron chi connectivity index (χ1n) is 5.24. The van der Waals surface area contributed by atoms with Crippen LogP contribution in [0.3, 0.4) is 0 Å². The molecule has 0 saturated heterocycles. The molecule has 0 aliphatic heterocycles. The van der Waals surface area contributed by atoms with Gasteiger partial charge in [0.25, 0.3) is 0 Å². The van der Waals surface area contributed by atoms with Crippen molar-refractivity contribution in [3.63, 3.8) is 0 Å². The van der Waals surface area contributed by atoms with Crippen LogP contribution in [0.1, 0.15) is 10.4 Å². The minimum Gasteiger partial charge on any atom is -0.478 e. The molecular weight excluding hydrogens is 402 g/mol. The molecule has 7 heteroatoms. The van der Waals surface area contributed by atoms with Gasteiger partial charge < -0.3 is 9.84 Å². The van der Waals surface area contributed by atoms with Gasteiger partial charge in [0.2, 0.25) is 5.82 Å². The minimum atomic E-state index is -1.25. The second kappa shape index (κ2) is 5.88. The van der Waals surface area contributed by atoms with E-state index in [-0.39, 0.29) is 20.3 Å². The number of aromatic carboxylic acids is 1. The van der Waals surface area contributed by atoms with Crippen LogP contribution in [0.25, 0.3) is 0 Å². The van der Waals surface area contributed by atoms with Crippen molar-refractivity contribution in [1.82, 2.24) is 0 Å². The van der Waals surface area contributed by atoms with E-state index in [4.69, 9.17) is 9.84 Å². The maximum atomic E-state index is 13.6. The zero-order valence-corrected chi connectivity index (χ0v) is 12.8. The topological polar surface area (TPSA) is 46.5 Å². The number of carboxylic acid groups (broad SMARTS) is 1. The lowest BCUT2D eigenvalue weighted by atomic mass is 10.2. The Labute approximate surface area is 129 Å². The smallest absolute Gasteiger partial charge is 0.340 e. The molecular formula is C13H6Br2F2O3. The van der Waals surface area contributed by atoms with Gasteiger partial charge >= 0.3 is 5.97 Å². The second-order valence-corrected chi connectivity index (χ2v) is 5.49. The molecule has 2 rings (SSSR count). The van der Waals surface area contributed by atoms with Crippen LogP contribution in [0.5, 0.6) is 11.5 Å². The molecule has 0 radical (unpaired) electrons. The molecule has 0 heterocycles. The van der Waals surface area contributed by atoms with Gasteiger partial charge in [-0.05, 0) is 40.2 Å². The highest BCUT2D eigenvalue weighted by Crippen LogP contribution is 2.34. The number of hydrogen-bond acceptors (Lipinski definition) is 2. The number of ether oxygens (including phenoxy) is 1. The molecule has 0 unspecified atom stereocenters. The number of carboxylic acids is 1. The van der Waals surface area contributed by atoms with Crippen LogP contribution in [-0.4, -0.2) is 11.1 Å². The predicted octanol–water partition coefficient (Wildman–Crippen LogP) is 4.98. The summed E-state index contributed by atoms with van der Waals surface area (Å²) >= 11 is 6.08. The van der Waals surface area contributed by atoms with Gasteiger partial charge in [-0.15, -0.1) is 0 Å². The van der Waals surface area contributed by atoms with Crippen molar-refractivity contribution in [2.45, 2.75) is 0 Å². The maximum Gasteiger partial charge on any atom is 0.340 e. The fourth-order valence-electron chi connectivity index (χ4n) is 1.52. The van der Waals surface area contributed by atoms with Crippen LogP contribution in [0.2, 0.25) is 0 Å². The minimum absolute atomic E-state index is 0.0942. The molecule has 3 nitrogen and oxygen atoms in total. The first-order chi connectivity index (χ1) is 9.40. The van der Waals surface area contributed by atoms with Gasteiger partial charge in [0, 0.05) is 8.95 Å². The zero-order chi connectivity index (χ0) is 14.9. The van der Waals surface area contributed by atoms with E-state index in [9.17, 15) is 13.6 Å². The predicted molar refractivity (Wildman–Crippen MR) is 75.2 cm³/mol. The maximum absolute atomic E-state index is 13.6.